The van der Waals surface area contributed by atoms with Gasteiger partial charge in [-0.05, 0) is 32.0 Å². The number of nitrogens with zero attached hydrogens (tertiary/aromatic N) is 1. The number of carbonyl (C=O) groups excluding carboxylic acids is 1. The highest BCUT2D eigenvalue weighted by Crippen LogP contribution is 2.20. The van der Waals surface area contributed by atoms with E-state index in [1.54, 1.807) is 13.8 Å². The Balaban J connectivity index is 2.06. The molecule has 0 bridgehead atoms. The lowest BCUT2D eigenvalue weighted by Gasteiger charge is -2.24. The molecule has 1 aliphatic heterocycles. The first-order valence-corrected chi connectivity index (χ1v) is 6.43. The third-order valence-electron chi connectivity index (χ3n) is 3.06. The van der Waals surface area contributed by atoms with Crippen LogP contribution in [0.25, 0.3) is 0 Å². The van der Waals surface area contributed by atoms with Crippen LogP contribution in [0.5, 0.6) is 0 Å². The van der Waals surface area contributed by atoms with Crippen molar-refractivity contribution in [2.24, 2.45) is 5.16 Å². The van der Waals surface area contributed by atoms with Gasteiger partial charge in [0.1, 0.15) is 11.6 Å². The lowest BCUT2D eigenvalue weighted by Crippen LogP contribution is -2.50. The summed E-state index contributed by atoms with van der Waals surface area (Å²) in [6.45, 7) is 3.05. The van der Waals surface area contributed by atoms with Gasteiger partial charge >= 0.3 is 0 Å². The summed E-state index contributed by atoms with van der Waals surface area (Å²) in [5.74, 6) is -1.69. The first-order valence-electron chi connectivity index (χ1n) is 6.43. The minimum Gasteiger partial charge on any atom is -0.394 e. The number of oxime groups is 1. The molecule has 1 heterocycles. The third kappa shape index (κ3) is 3.55. The minimum atomic E-state index is -0.923. The highest BCUT2D eigenvalue weighted by atomic mass is 19.1. The highest BCUT2D eigenvalue weighted by molar-refractivity contribution is 6.04. The van der Waals surface area contributed by atoms with E-state index >= 15 is 0 Å². The fraction of sp³-hybridized carbons (Fsp3) is 0.429. The van der Waals surface area contributed by atoms with E-state index < -0.39 is 29.2 Å². The van der Waals surface area contributed by atoms with E-state index in [4.69, 9.17) is 9.94 Å². The first kappa shape index (κ1) is 15.4. The SMILES string of the molecule is CC(C)(CO)NC(=O)C1CC(c2cc(F)ccc2F)=NO1. The van der Waals surface area contributed by atoms with Crippen LogP contribution in [0.1, 0.15) is 25.8 Å². The van der Waals surface area contributed by atoms with Crippen molar-refractivity contribution in [3.8, 4) is 0 Å². The second kappa shape index (κ2) is 5.77. The van der Waals surface area contributed by atoms with Crippen LogP contribution in [0.2, 0.25) is 0 Å². The standard InChI is InChI=1S/C14H16F2N2O3/c1-14(2,7-19)17-13(20)12-6-11(18-21-12)9-5-8(15)3-4-10(9)16/h3-5,12,19H,6-7H2,1-2H3,(H,17,20). The predicted molar refractivity (Wildman–Crippen MR) is 71.7 cm³/mol. The van der Waals surface area contributed by atoms with Crippen LogP contribution in [-0.2, 0) is 9.63 Å². The molecule has 2 N–H and O–H groups in total. The van der Waals surface area contributed by atoms with Crippen molar-refractivity contribution in [1.29, 1.82) is 0 Å². The average Bonchev–Trinajstić information content (AvgIpc) is 2.91. The average molecular weight is 298 g/mol. The molecule has 114 valence electrons. The maximum absolute atomic E-state index is 13.6. The topological polar surface area (TPSA) is 70.9 Å². The van der Waals surface area contributed by atoms with Gasteiger partial charge in [-0.25, -0.2) is 8.78 Å². The van der Waals surface area contributed by atoms with Gasteiger partial charge in [0.2, 0.25) is 6.10 Å². The number of halogens is 2. The number of aliphatic hydroxyl groups is 1. The van der Waals surface area contributed by atoms with Gasteiger partial charge in [0.25, 0.3) is 5.91 Å². The van der Waals surface area contributed by atoms with Gasteiger partial charge in [-0.1, -0.05) is 5.16 Å². The summed E-state index contributed by atoms with van der Waals surface area (Å²) in [6, 6.07) is 3.01. The van der Waals surface area contributed by atoms with Crippen LogP contribution in [0.15, 0.2) is 23.4 Å². The van der Waals surface area contributed by atoms with E-state index in [0.717, 1.165) is 18.2 Å². The molecule has 2 rings (SSSR count). The zero-order valence-corrected chi connectivity index (χ0v) is 11.7. The van der Waals surface area contributed by atoms with E-state index in [9.17, 15) is 13.6 Å². The van der Waals surface area contributed by atoms with E-state index in [2.05, 4.69) is 10.5 Å². The Morgan fingerprint density at radius 3 is 2.90 bits per heavy atom. The highest BCUT2D eigenvalue weighted by Gasteiger charge is 2.33. The van der Waals surface area contributed by atoms with Crippen LogP contribution in [0.4, 0.5) is 8.78 Å². The van der Waals surface area contributed by atoms with Crippen LogP contribution >= 0.6 is 0 Å². The molecule has 0 spiro atoms. The predicted octanol–water partition coefficient (Wildman–Crippen LogP) is 1.34. The third-order valence-corrected chi connectivity index (χ3v) is 3.06. The van der Waals surface area contributed by atoms with Gasteiger partial charge in [-0.2, -0.15) is 0 Å². The summed E-state index contributed by atoms with van der Waals surface area (Å²) in [4.78, 5) is 16.9. The number of aliphatic hydroxyl groups excluding tert-OH is 1. The Morgan fingerprint density at radius 1 is 1.52 bits per heavy atom. The van der Waals surface area contributed by atoms with Crippen molar-refractivity contribution in [2.45, 2.75) is 31.9 Å². The quantitative estimate of drug-likeness (QED) is 0.881. The molecular formula is C14H16F2N2O3. The normalized spacial score (nSPS) is 18.1. The molecule has 1 unspecified atom stereocenters. The van der Waals surface area contributed by atoms with Gasteiger partial charge in [0, 0.05) is 12.0 Å². The zero-order chi connectivity index (χ0) is 15.6. The Labute approximate surface area is 120 Å². The monoisotopic (exact) mass is 298 g/mol. The molecule has 1 amide bonds. The fourth-order valence-corrected chi connectivity index (χ4v) is 1.85. The van der Waals surface area contributed by atoms with Crippen molar-refractivity contribution in [1.82, 2.24) is 5.32 Å². The summed E-state index contributed by atoms with van der Waals surface area (Å²) in [5, 5.41) is 15.4. The smallest absolute Gasteiger partial charge is 0.264 e. The number of benzene rings is 1. The van der Waals surface area contributed by atoms with Crippen molar-refractivity contribution in [2.75, 3.05) is 6.61 Å². The summed E-state index contributed by atoms with van der Waals surface area (Å²) >= 11 is 0. The van der Waals surface area contributed by atoms with Crippen molar-refractivity contribution in [3.63, 3.8) is 0 Å². The molecule has 0 radical (unpaired) electrons. The van der Waals surface area contributed by atoms with Crippen molar-refractivity contribution >= 4 is 11.6 Å². The number of hydrogen-bond acceptors (Lipinski definition) is 4. The van der Waals surface area contributed by atoms with Gasteiger partial charge in [0.15, 0.2) is 0 Å². The van der Waals surface area contributed by atoms with Gasteiger partial charge in [-0.15, -0.1) is 0 Å². The molecule has 0 saturated carbocycles. The van der Waals surface area contributed by atoms with Crippen LogP contribution in [0.3, 0.4) is 0 Å². The number of carbonyl (C=O) groups is 1. The minimum absolute atomic E-state index is 0.0216. The van der Waals surface area contributed by atoms with Crippen LogP contribution in [-0.4, -0.2) is 35.0 Å². The van der Waals surface area contributed by atoms with Crippen molar-refractivity contribution in [3.05, 3.63) is 35.4 Å². The molecule has 7 heteroatoms. The Hall–Kier alpha value is -2.02. The summed E-state index contributed by atoms with van der Waals surface area (Å²) in [6.07, 6.45) is -0.887. The Morgan fingerprint density at radius 2 is 2.24 bits per heavy atom. The number of amides is 1. The van der Waals surface area contributed by atoms with Gasteiger partial charge in [-0.3, -0.25) is 4.79 Å². The lowest BCUT2D eigenvalue weighted by molar-refractivity contribution is -0.133. The summed E-state index contributed by atoms with van der Waals surface area (Å²) in [7, 11) is 0. The summed E-state index contributed by atoms with van der Waals surface area (Å²) in [5.41, 5.74) is -0.645. The van der Waals surface area contributed by atoms with E-state index in [-0.39, 0.29) is 24.3 Å². The molecule has 0 saturated heterocycles. The Kier molecular flexibility index (Phi) is 4.22. The van der Waals surface area contributed by atoms with Crippen LogP contribution in [0, 0.1) is 11.6 Å². The molecule has 5 nitrogen and oxygen atoms in total. The van der Waals surface area contributed by atoms with E-state index in [0.29, 0.717) is 0 Å². The van der Waals surface area contributed by atoms with E-state index in [1.807, 2.05) is 0 Å². The molecule has 0 fully saturated rings. The molecule has 1 aromatic rings. The lowest BCUT2D eigenvalue weighted by atomic mass is 10.0. The largest absolute Gasteiger partial charge is 0.394 e. The molecular weight excluding hydrogens is 282 g/mol. The maximum atomic E-state index is 13.6. The zero-order valence-electron chi connectivity index (χ0n) is 11.7. The molecule has 1 aromatic carbocycles. The Bertz CT molecular complexity index is 588. The summed E-state index contributed by atoms with van der Waals surface area (Å²) < 4.78 is 26.8. The number of nitrogens with one attached hydrogen (secondary N) is 1. The van der Waals surface area contributed by atoms with Gasteiger partial charge in [0.05, 0.1) is 17.9 Å². The molecule has 0 aliphatic carbocycles. The van der Waals surface area contributed by atoms with Crippen LogP contribution < -0.4 is 5.32 Å². The molecule has 0 aromatic heterocycles. The number of rotatable bonds is 4. The fourth-order valence-electron chi connectivity index (χ4n) is 1.85. The molecule has 1 aliphatic rings. The second-order valence-electron chi connectivity index (χ2n) is 5.49. The first-order chi connectivity index (χ1) is 9.82. The number of hydrogen-bond donors (Lipinski definition) is 2. The van der Waals surface area contributed by atoms with Crippen molar-refractivity contribution < 1.29 is 23.5 Å². The molecule has 1 atom stereocenters. The van der Waals surface area contributed by atoms with Gasteiger partial charge < -0.3 is 15.3 Å². The molecule has 21 heavy (non-hydrogen) atoms. The second-order valence-corrected chi connectivity index (χ2v) is 5.49. The maximum Gasteiger partial charge on any atom is 0.264 e. The van der Waals surface area contributed by atoms with E-state index in [1.165, 1.54) is 0 Å².